The largest absolute Gasteiger partial charge is 0.338 e. The Balaban J connectivity index is 1.69. The molecule has 2 atom stereocenters. The summed E-state index contributed by atoms with van der Waals surface area (Å²) in [5.41, 5.74) is 0.777. The molecule has 3 nitrogen and oxygen atoms in total. The third-order valence-electron chi connectivity index (χ3n) is 4.51. The van der Waals surface area contributed by atoms with Gasteiger partial charge in [0.05, 0.1) is 0 Å². The van der Waals surface area contributed by atoms with E-state index in [0.29, 0.717) is 0 Å². The molecular weight excluding hydrogens is 224 g/mol. The van der Waals surface area contributed by atoms with E-state index in [1.54, 1.807) is 12.4 Å². The van der Waals surface area contributed by atoms with E-state index in [1.165, 1.54) is 32.1 Å². The predicted octanol–water partition coefficient (Wildman–Crippen LogP) is 2.73. The molecule has 2 heterocycles. The molecule has 2 aliphatic rings. The van der Waals surface area contributed by atoms with Gasteiger partial charge in [0.25, 0.3) is 5.91 Å². The number of piperidine rings is 1. The first kappa shape index (κ1) is 11.7. The number of likely N-dealkylation sites (tertiary alicyclic amines) is 1. The van der Waals surface area contributed by atoms with Crippen LogP contribution in [0.3, 0.4) is 0 Å². The number of rotatable bonds is 1. The summed E-state index contributed by atoms with van der Waals surface area (Å²) in [4.78, 5) is 18.4. The number of carbonyl (C=O) groups is 1. The van der Waals surface area contributed by atoms with Crippen molar-refractivity contribution in [2.24, 2.45) is 11.8 Å². The minimum atomic E-state index is 0.182. The van der Waals surface area contributed by atoms with Gasteiger partial charge in [-0.3, -0.25) is 9.78 Å². The third kappa shape index (κ3) is 2.26. The number of aromatic nitrogens is 1. The quantitative estimate of drug-likeness (QED) is 0.761. The van der Waals surface area contributed by atoms with E-state index in [-0.39, 0.29) is 5.91 Å². The Morgan fingerprint density at radius 1 is 1.11 bits per heavy atom. The van der Waals surface area contributed by atoms with E-state index < -0.39 is 0 Å². The summed E-state index contributed by atoms with van der Waals surface area (Å²) < 4.78 is 0. The van der Waals surface area contributed by atoms with E-state index in [9.17, 15) is 4.79 Å². The maximum absolute atomic E-state index is 12.4. The zero-order valence-electron chi connectivity index (χ0n) is 10.7. The first-order valence-corrected chi connectivity index (χ1v) is 7.04. The van der Waals surface area contributed by atoms with E-state index in [1.807, 2.05) is 17.0 Å². The summed E-state index contributed by atoms with van der Waals surface area (Å²) in [6, 6.07) is 3.63. The molecule has 3 heteroatoms. The number of nitrogens with zero attached hydrogens (tertiary/aromatic N) is 2. The van der Waals surface area contributed by atoms with Crippen LogP contribution < -0.4 is 0 Å². The molecule has 0 radical (unpaired) electrons. The third-order valence-corrected chi connectivity index (χ3v) is 4.51. The second kappa shape index (κ2) is 5.09. The van der Waals surface area contributed by atoms with Crippen molar-refractivity contribution >= 4 is 5.91 Å². The minimum Gasteiger partial charge on any atom is -0.338 e. The summed E-state index contributed by atoms with van der Waals surface area (Å²) >= 11 is 0. The molecule has 0 unspecified atom stereocenters. The molecule has 0 spiro atoms. The number of fused-ring (bicyclic) bond motifs is 1. The van der Waals surface area contributed by atoms with E-state index in [2.05, 4.69) is 4.98 Å². The lowest BCUT2D eigenvalue weighted by atomic mass is 9.75. The predicted molar refractivity (Wildman–Crippen MR) is 70.2 cm³/mol. The van der Waals surface area contributed by atoms with Gasteiger partial charge in [-0.25, -0.2) is 0 Å². The molecule has 1 amide bonds. The average molecular weight is 244 g/mol. The molecule has 1 saturated heterocycles. The number of hydrogen-bond acceptors (Lipinski definition) is 2. The maximum Gasteiger partial charge on any atom is 0.253 e. The summed E-state index contributed by atoms with van der Waals surface area (Å²) in [7, 11) is 0. The first-order valence-electron chi connectivity index (χ1n) is 7.04. The molecule has 0 N–H and O–H groups in total. The van der Waals surface area contributed by atoms with Gasteiger partial charge < -0.3 is 4.90 Å². The van der Waals surface area contributed by atoms with Gasteiger partial charge in [0, 0.05) is 31.0 Å². The van der Waals surface area contributed by atoms with Crippen molar-refractivity contribution in [3.8, 4) is 0 Å². The summed E-state index contributed by atoms with van der Waals surface area (Å²) in [6.07, 6.45) is 10.0. The van der Waals surface area contributed by atoms with Gasteiger partial charge in [-0.15, -0.1) is 0 Å². The van der Waals surface area contributed by atoms with Crippen LogP contribution in [0.4, 0.5) is 0 Å². The number of amides is 1. The molecule has 1 aromatic heterocycles. The summed E-state index contributed by atoms with van der Waals surface area (Å²) in [5, 5.41) is 0. The summed E-state index contributed by atoms with van der Waals surface area (Å²) in [6.45, 7) is 1.90. The fourth-order valence-corrected chi connectivity index (χ4v) is 3.46. The topological polar surface area (TPSA) is 33.2 Å². The Morgan fingerprint density at radius 2 is 1.83 bits per heavy atom. The van der Waals surface area contributed by atoms with Crippen molar-refractivity contribution in [1.82, 2.24) is 9.88 Å². The van der Waals surface area contributed by atoms with Gasteiger partial charge >= 0.3 is 0 Å². The van der Waals surface area contributed by atoms with Crippen LogP contribution in [0.5, 0.6) is 0 Å². The molecule has 0 bridgehead atoms. The van der Waals surface area contributed by atoms with Crippen molar-refractivity contribution in [1.29, 1.82) is 0 Å². The van der Waals surface area contributed by atoms with Crippen molar-refractivity contribution in [3.05, 3.63) is 30.1 Å². The summed E-state index contributed by atoms with van der Waals surface area (Å²) in [5.74, 6) is 1.81. The Bertz CT molecular complexity index is 418. The van der Waals surface area contributed by atoms with Crippen molar-refractivity contribution in [3.63, 3.8) is 0 Å². The van der Waals surface area contributed by atoms with Crippen molar-refractivity contribution in [2.45, 2.75) is 32.1 Å². The normalized spacial score (nSPS) is 27.7. The van der Waals surface area contributed by atoms with Gasteiger partial charge in [-0.05, 0) is 36.8 Å². The van der Waals surface area contributed by atoms with Crippen LogP contribution in [-0.4, -0.2) is 28.9 Å². The standard InChI is InChI=1S/C15H20N2O/c18-15(13-5-8-16-9-6-13)17-10-7-12-3-1-2-4-14(12)11-17/h5-6,8-9,12,14H,1-4,7,10-11H2/t12-,14-/m0/s1. The van der Waals surface area contributed by atoms with Crippen LogP contribution in [0.15, 0.2) is 24.5 Å². The molecule has 18 heavy (non-hydrogen) atoms. The fourth-order valence-electron chi connectivity index (χ4n) is 3.46. The van der Waals surface area contributed by atoms with Crippen LogP contribution in [0, 0.1) is 11.8 Å². The first-order chi connectivity index (χ1) is 8.84. The van der Waals surface area contributed by atoms with Gasteiger partial charge in [-0.1, -0.05) is 19.3 Å². The molecule has 1 saturated carbocycles. The van der Waals surface area contributed by atoms with E-state index in [0.717, 1.165) is 30.5 Å². The highest BCUT2D eigenvalue weighted by molar-refractivity contribution is 5.94. The Labute approximate surface area is 108 Å². The second-order valence-corrected chi connectivity index (χ2v) is 5.58. The highest BCUT2D eigenvalue weighted by Gasteiger charge is 2.33. The maximum atomic E-state index is 12.4. The average Bonchev–Trinajstić information content (AvgIpc) is 2.47. The lowest BCUT2D eigenvalue weighted by molar-refractivity contribution is 0.0521. The molecule has 2 fully saturated rings. The Kier molecular flexibility index (Phi) is 3.31. The molecule has 96 valence electrons. The van der Waals surface area contributed by atoms with Crippen LogP contribution in [-0.2, 0) is 0 Å². The molecule has 0 aromatic carbocycles. The van der Waals surface area contributed by atoms with Gasteiger partial charge in [-0.2, -0.15) is 0 Å². The molecule has 1 aromatic rings. The molecular formula is C15H20N2O. The molecule has 1 aliphatic heterocycles. The monoisotopic (exact) mass is 244 g/mol. The Hall–Kier alpha value is -1.38. The van der Waals surface area contributed by atoms with Crippen LogP contribution in [0.2, 0.25) is 0 Å². The number of pyridine rings is 1. The van der Waals surface area contributed by atoms with Crippen LogP contribution in [0.1, 0.15) is 42.5 Å². The van der Waals surface area contributed by atoms with E-state index in [4.69, 9.17) is 0 Å². The lowest BCUT2D eigenvalue weighted by Crippen LogP contribution is -2.44. The smallest absolute Gasteiger partial charge is 0.253 e. The highest BCUT2D eigenvalue weighted by Crippen LogP contribution is 2.36. The molecule has 1 aliphatic carbocycles. The highest BCUT2D eigenvalue weighted by atomic mass is 16.2. The van der Waals surface area contributed by atoms with Gasteiger partial charge in [0.1, 0.15) is 0 Å². The zero-order chi connectivity index (χ0) is 12.4. The van der Waals surface area contributed by atoms with Gasteiger partial charge in [0.15, 0.2) is 0 Å². The van der Waals surface area contributed by atoms with Crippen molar-refractivity contribution in [2.75, 3.05) is 13.1 Å². The van der Waals surface area contributed by atoms with Crippen LogP contribution in [0.25, 0.3) is 0 Å². The number of hydrogen-bond donors (Lipinski definition) is 0. The van der Waals surface area contributed by atoms with Crippen LogP contribution >= 0.6 is 0 Å². The lowest BCUT2D eigenvalue weighted by Gasteiger charge is -2.41. The van der Waals surface area contributed by atoms with Gasteiger partial charge in [0.2, 0.25) is 0 Å². The van der Waals surface area contributed by atoms with Crippen molar-refractivity contribution < 1.29 is 4.79 Å². The second-order valence-electron chi connectivity index (χ2n) is 5.58. The zero-order valence-corrected chi connectivity index (χ0v) is 10.7. The number of carbonyl (C=O) groups excluding carboxylic acids is 1. The SMILES string of the molecule is O=C(c1ccncc1)N1CC[C@@H]2CCCC[C@H]2C1. The molecule has 3 rings (SSSR count). The fraction of sp³-hybridized carbons (Fsp3) is 0.600. The minimum absolute atomic E-state index is 0.182. The Morgan fingerprint density at radius 3 is 2.61 bits per heavy atom. The van der Waals surface area contributed by atoms with E-state index >= 15 is 0 Å².